The molecule has 1 saturated heterocycles. The lowest BCUT2D eigenvalue weighted by atomic mass is 10.00. The number of anilines is 1. The first-order valence-corrected chi connectivity index (χ1v) is 9.51. The smallest absolute Gasteiger partial charge is 0.257 e. The fourth-order valence-electron chi connectivity index (χ4n) is 4.15. The topological polar surface area (TPSA) is 98.3 Å². The summed E-state index contributed by atoms with van der Waals surface area (Å²) in [5, 5.41) is 13.0. The van der Waals surface area contributed by atoms with Gasteiger partial charge in [0.25, 0.3) is 11.8 Å². The van der Waals surface area contributed by atoms with Gasteiger partial charge in [0.05, 0.1) is 16.8 Å². The molecule has 0 bridgehead atoms. The first kappa shape index (κ1) is 18.3. The van der Waals surface area contributed by atoms with Gasteiger partial charge in [-0.15, -0.1) is 0 Å². The Morgan fingerprint density at radius 3 is 2.50 bits per heavy atom. The minimum absolute atomic E-state index is 0.0378. The van der Waals surface area contributed by atoms with E-state index in [2.05, 4.69) is 15.3 Å². The van der Waals surface area contributed by atoms with Crippen LogP contribution in [0.4, 0.5) is 5.82 Å². The first-order valence-electron chi connectivity index (χ1n) is 9.51. The summed E-state index contributed by atoms with van der Waals surface area (Å²) in [4.78, 5) is 34.9. The monoisotopic (exact) mass is 380 g/mol. The van der Waals surface area contributed by atoms with Crippen molar-refractivity contribution in [1.82, 2.24) is 14.9 Å². The number of carbonyl (C=O) groups excluding carboxylic acids is 2. The molecule has 2 aliphatic heterocycles. The van der Waals surface area contributed by atoms with Crippen LogP contribution >= 0.6 is 0 Å². The maximum absolute atomic E-state index is 12.9. The van der Waals surface area contributed by atoms with E-state index in [0.717, 1.165) is 42.9 Å². The summed E-state index contributed by atoms with van der Waals surface area (Å²) in [6.45, 7) is 8.82. The van der Waals surface area contributed by atoms with Crippen LogP contribution in [0.1, 0.15) is 57.0 Å². The SMILES string of the molecule is Cc1nc2c(c(C)c1O)/C(=C/c1[nH]c(C)c(C(=O)N3CCCC3)c1C)C(=O)N2. The van der Waals surface area contributed by atoms with Crippen LogP contribution in [0.25, 0.3) is 11.6 Å². The molecule has 0 spiro atoms. The summed E-state index contributed by atoms with van der Waals surface area (Å²) >= 11 is 0. The van der Waals surface area contributed by atoms with Gasteiger partial charge in [-0.25, -0.2) is 4.98 Å². The van der Waals surface area contributed by atoms with Gasteiger partial charge in [-0.1, -0.05) is 0 Å². The summed E-state index contributed by atoms with van der Waals surface area (Å²) < 4.78 is 0. The molecule has 0 aromatic carbocycles. The van der Waals surface area contributed by atoms with E-state index < -0.39 is 0 Å². The van der Waals surface area contributed by atoms with Crippen molar-refractivity contribution < 1.29 is 14.7 Å². The second kappa shape index (κ2) is 6.51. The van der Waals surface area contributed by atoms with Crippen LogP contribution in [-0.4, -0.2) is 44.9 Å². The number of aromatic nitrogens is 2. The zero-order chi connectivity index (χ0) is 20.2. The predicted molar refractivity (Wildman–Crippen MR) is 107 cm³/mol. The van der Waals surface area contributed by atoms with Crippen molar-refractivity contribution >= 4 is 29.3 Å². The van der Waals surface area contributed by atoms with Crippen molar-refractivity contribution in [1.29, 1.82) is 0 Å². The number of hydrogen-bond donors (Lipinski definition) is 3. The third-order valence-electron chi connectivity index (χ3n) is 5.71. The number of nitrogens with zero attached hydrogens (tertiary/aromatic N) is 2. The molecule has 2 aromatic heterocycles. The Morgan fingerprint density at radius 2 is 1.82 bits per heavy atom. The molecule has 28 heavy (non-hydrogen) atoms. The highest BCUT2D eigenvalue weighted by atomic mass is 16.3. The minimum atomic E-state index is -0.269. The molecule has 2 amide bonds. The number of fused-ring (bicyclic) bond motifs is 1. The number of pyridine rings is 1. The third kappa shape index (κ3) is 2.69. The van der Waals surface area contributed by atoms with Gasteiger partial charge in [-0.05, 0) is 52.2 Å². The van der Waals surface area contributed by atoms with E-state index in [9.17, 15) is 14.7 Å². The van der Waals surface area contributed by atoms with Crippen molar-refractivity contribution in [2.24, 2.45) is 0 Å². The van der Waals surface area contributed by atoms with E-state index in [1.54, 1.807) is 19.9 Å². The van der Waals surface area contributed by atoms with Crippen LogP contribution in [0.2, 0.25) is 0 Å². The Kier molecular flexibility index (Phi) is 4.25. The average Bonchev–Trinajstić information content (AvgIpc) is 3.34. The lowest BCUT2D eigenvalue weighted by Gasteiger charge is -2.15. The molecule has 146 valence electrons. The van der Waals surface area contributed by atoms with Crippen LogP contribution in [0.3, 0.4) is 0 Å². The van der Waals surface area contributed by atoms with Crippen LogP contribution in [0.15, 0.2) is 0 Å². The Labute approximate surface area is 163 Å². The van der Waals surface area contributed by atoms with Gasteiger partial charge in [0.2, 0.25) is 0 Å². The highest BCUT2D eigenvalue weighted by Gasteiger charge is 2.31. The van der Waals surface area contributed by atoms with E-state index in [4.69, 9.17) is 0 Å². The van der Waals surface area contributed by atoms with Crippen molar-refractivity contribution in [3.8, 4) is 5.75 Å². The summed E-state index contributed by atoms with van der Waals surface area (Å²) in [5.41, 5.74) is 5.13. The average molecular weight is 380 g/mol. The lowest BCUT2D eigenvalue weighted by Crippen LogP contribution is -2.28. The first-order chi connectivity index (χ1) is 13.3. The highest BCUT2D eigenvalue weighted by molar-refractivity contribution is 6.35. The molecular weight excluding hydrogens is 356 g/mol. The molecule has 0 unspecified atom stereocenters. The lowest BCUT2D eigenvalue weighted by molar-refractivity contribution is -0.110. The second-order valence-corrected chi connectivity index (χ2v) is 7.57. The zero-order valence-corrected chi connectivity index (χ0v) is 16.6. The maximum Gasteiger partial charge on any atom is 0.257 e. The Balaban J connectivity index is 1.79. The summed E-state index contributed by atoms with van der Waals surface area (Å²) in [6.07, 6.45) is 3.82. The van der Waals surface area contributed by atoms with Crippen LogP contribution in [0, 0.1) is 27.7 Å². The van der Waals surface area contributed by atoms with Crippen molar-refractivity contribution in [2.45, 2.75) is 40.5 Å². The molecule has 7 nitrogen and oxygen atoms in total. The molecular formula is C21H24N4O3. The Hall–Kier alpha value is -3.09. The molecule has 0 radical (unpaired) electrons. The van der Waals surface area contributed by atoms with Gasteiger partial charge in [-0.3, -0.25) is 9.59 Å². The van der Waals surface area contributed by atoms with Crippen LogP contribution in [-0.2, 0) is 4.79 Å². The number of hydrogen-bond acceptors (Lipinski definition) is 4. The highest BCUT2D eigenvalue weighted by Crippen LogP contribution is 2.39. The van der Waals surface area contributed by atoms with Crippen LogP contribution in [0.5, 0.6) is 5.75 Å². The van der Waals surface area contributed by atoms with E-state index in [1.807, 2.05) is 18.7 Å². The second-order valence-electron chi connectivity index (χ2n) is 7.57. The van der Waals surface area contributed by atoms with Gasteiger partial charge in [0.15, 0.2) is 0 Å². The third-order valence-corrected chi connectivity index (χ3v) is 5.71. The molecule has 0 saturated carbocycles. The number of nitrogens with one attached hydrogen (secondary N) is 2. The van der Waals surface area contributed by atoms with E-state index in [1.165, 1.54) is 0 Å². The van der Waals surface area contributed by atoms with Gasteiger partial charge >= 0.3 is 0 Å². The standard InChI is InChI=1S/C21H24N4O3/c1-10-15(22-12(3)16(10)21(28)25-7-5-6-8-25)9-14-17-11(2)18(26)13(4)23-19(17)24-20(14)27/h9,22,26H,5-8H2,1-4H3,(H,23,24,27)/b14-9-. The van der Waals surface area contributed by atoms with E-state index >= 15 is 0 Å². The molecule has 2 aliphatic rings. The normalized spacial score (nSPS) is 17.4. The largest absolute Gasteiger partial charge is 0.506 e. The number of H-pyrrole nitrogens is 1. The number of carbonyl (C=O) groups is 2. The molecule has 0 atom stereocenters. The number of rotatable bonds is 2. The van der Waals surface area contributed by atoms with Crippen molar-refractivity contribution in [2.75, 3.05) is 18.4 Å². The van der Waals surface area contributed by atoms with Crippen molar-refractivity contribution in [3.05, 3.63) is 39.3 Å². The quantitative estimate of drug-likeness (QED) is 0.697. The van der Waals surface area contributed by atoms with Crippen LogP contribution < -0.4 is 5.32 Å². The number of aromatic hydroxyl groups is 1. The zero-order valence-electron chi connectivity index (χ0n) is 16.6. The molecule has 4 heterocycles. The fraction of sp³-hybridized carbons (Fsp3) is 0.381. The fourth-order valence-corrected chi connectivity index (χ4v) is 4.15. The summed E-state index contributed by atoms with van der Waals surface area (Å²) in [7, 11) is 0. The predicted octanol–water partition coefficient (Wildman–Crippen LogP) is 3.08. The van der Waals surface area contributed by atoms with Crippen molar-refractivity contribution in [3.63, 3.8) is 0 Å². The molecule has 2 aromatic rings. The molecule has 4 rings (SSSR count). The Bertz CT molecular complexity index is 1040. The van der Waals surface area contributed by atoms with Gasteiger partial charge in [0.1, 0.15) is 11.6 Å². The van der Waals surface area contributed by atoms with E-state index in [0.29, 0.717) is 33.8 Å². The maximum atomic E-state index is 12.9. The summed E-state index contributed by atoms with van der Waals surface area (Å²) in [5.74, 6) is 0.314. The molecule has 0 aliphatic carbocycles. The van der Waals surface area contributed by atoms with Gasteiger partial charge in [-0.2, -0.15) is 0 Å². The Morgan fingerprint density at radius 1 is 1.14 bits per heavy atom. The van der Waals surface area contributed by atoms with Gasteiger partial charge < -0.3 is 20.3 Å². The molecule has 7 heteroatoms. The molecule has 1 fully saturated rings. The summed E-state index contributed by atoms with van der Waals surface area (Å²) in [6, 6.07) is 0. The van der Waals surface area contributed by atoms with Gasteiger partial charge in [0, 0.05) is 35.6 Å². The minimum Gasteiger partial charge on any atom is -0.506 e. The number of aromatic amines is 1. The molecule has 3 N–H and O–H groups in total. The van der Waals surface area contributed by atoms with E-state index in [-0.39, 0.29) is 17.6 Å². The number of aryl methyl sites for hydroxylation is 2. The number of amides is 2. The number of likely N-dealkylation sites (tertiary alicyclic amines) is 1.